The van der Waals surface area contributed by atoms with Crippen LogP contribution >= 0.6 is 0 Å². The SMILES string of the molecule is Nc1cncc(-c2cccc(C3CCC3)c2)c1. The van der Waals surface area contributed by atoms with Crippen LogP contribution in [0.5, 0.6) is 0 Å². The summed E-state index contributed by atoms with van der Waals surface area (Å²) in [5, 5.41) is 0. The Morgan fingerprint density at radius 3 is 2.65 bits per heavy atom. The Hall–Kier alpha value is -1.83. The summed E-state index contributed by atoms with van der Waals surface area (Å²) in [6, 6.07) is 10.7. The molecular weight excluding hydrogens is 208 g/mol. The minimum absolute atomic E-state index is 0.719. The third-order valence-electron chi connectivity index (χ3n) is 3.56. The van der Waals surface area contributed by atoms with E-state index in [1.54, 1.807) is 6.20 Å². The van der Waals surface area contributed by atoms with Gasteiger partial charge in [0, 0.05) is 18.0 Å². The molecule has 1 saturated carbocycles. The van der Waals surface area contributed by atoms with Crippen molar-refractivity contribution in [2.24, 2.45) is 0 Å². The molecule has 0 unspecified atom stereocenters. The van der Waals surface area contributed by atoms with Gasteiger partial charge in [-0.25, -0.2) is 0 Å². The number of hydrogen-bond donors (Lipinski definition) is 1. The van der Waals surface area contributed by atoms with Crippen LogP contribution in [0.15, 0.2) is 42.7 Å². The van der Waals surface area contributed by atoms with E-state index in [1.165, 1.54) is 30.4 Å². The standard InChI is InChI=1S/C15H16N2/c16-15-8-14(9-17-10-15)13-6-2-5-12(7-13)11-3-1-4-11/h2,5-11H,1,3-4,16H2. The van der Waals surface area contributed by atoms with Gasteiger partial charge < -0.3 is 5.73 Å². The van der Waals surface area contributed by atoms with E-state index in [0.717, 1.165) is 17.2 Å². The fourth-order valence-corrected chi connectivity index (χ4v) is 2.33. The van der Waals surface area contributed by atoms with E-state index in [1.807, 2.05) is 12.3 Å². The molecule has 0 atom stereocenters. The molecule has 86 valence electrons. The first kappa shape index (κ1) is 10.3. The quantitative estimate of drug-likeness (QED) is 0.846. The largest absolute Gasteiger partial charge is 0.397 e. The first-order valence-corrected chi connectivity index (χ1v) is 6.14. The predicted molar refractivity (Wildman–Crippen MR) is 70.7 cm³/mol. The van der Waals surface area contributed by atoms with Crippen molar-refractivity contribution in [3.63, 3.8) is 0 Å². The molecule has 1 aliphatic rings. The maximum Gasteiger partial charge on any atom is 0.0506 e. The zero-order valence-electron chi connectivity index (χ0n) is 9.76. The van der Waals surface area contributed by atoms with Crippen LogP contribution in [0.2, 0.25) is 0 Å². The van der Waals surface area contributed by atoms with Crippen molar-refractivity contribution in [1.29, 1.82) is 0 Å². The topological polar surface area (TPSA) is 38.9 Å². The van der Waals surface area contributed by atoms with Crippen LogP contribution in [0.1, 0.15) is 30.7 Å². The van der Waals surface area contributed by atoms with Crippen molar-refractivity contribution < 1.29 is 0 Å². The molecule has 2 N–H and O–H groups in total. The van der Waals surface area contributed by atoms with E-state index in [0.29, 0.717) is 0 Å². The van der Waals surface area contributed by atoms with Crippen molar-refractivity contribution in [3.8, 4) is 11.1 Å². The predicted octanol–water partition coefficient (Wildman–Crippen LogP) is 3.60. The van der Waals surface area contributed by atoms with Gasteiger partial charge in [-0.05, 0) is 36.0 Å². The highest BCUT2D eigenvalue weighted by Gasteiger charge is 2.19. The number of nitrogens with two attached hydrogens (primary N) is 1. The molecule has 2 nitrogen and oxygen atoms in total. The summed E-state index contributed by atoms with van der Waals surface area (Å²) >= 11 is 0. The number of rotatable bonds is 2. The van der Waals surface area contributed by atoms with E-state index in [-0.39, 0.29) is 0 Å². The first-order valence-electron chi connectivity index (χ1n) is 6.14. The molecule has 17 heavy (non-hydrogen) atoms. The second kappa shape index (κ2) is 4.21. The number of nitrogens with zero attached hydrogens (tertiary/aromatic N) is 1. The van der Waals surface area contributed by atoms with Crippen LogP contribution in [0, 0.1) is 0 Å². The van der Waals surface area contributed by atoms with Gasteiger partial charge in [-0.1, -0.05) is 30.7 Å². The van der Waals surface area contributed by atoms with Crippen LogP contribution in [0.25, 0.3) is 11.1 Å². The van der Waals surface area contributed by atoms with Crippen LogP contribution in [0.3, 0.4) is 0 Å². The van der Waals surface area contributed by atoms with Gasteiger partial charge in [0.1, 0.15) is 0 Å². The monoisotopic (exact) mass is 224 g/mol. The molecule has 0 aliphatic heterocycles. The number of aromatic nitrogens is 1. The van der Waals surface area contributed by atoms with Gasteiger partial charge in [0.15, 0.2) is 0 Å². The van der Waals surface area contributed by atoms with Crippen LogP contribution in [0.4, 0.5) is 5.69 Å². The maximum absolute atomic E-state index is 5.77. The third kappa shape index (κ3) is 2.03. The average Bonchev–Trinajstić information content (AvgIpc) is 2.27. The molecule has 1 heterocycles. The van der Waals surface area contributed by atoms with Gasteiger partial charge in [-0.15, -0.1) is 0 Å². The summed E-state index contributed by atoms with van der Waals surface area (Å²) in [6.45, 7) is 0. The highest BCUT2D eigenvalue weighted by Crippen LogP contribution is 2.37. The highest BCUT2D eigenvalue weighted by atomic mass is 14.7. The first-order chi connectivity index (χ1) is 8.33. The molecule has 2 heteroatoms. The van der Waals surface area contributed by atoms with E-state index >= 15 is 0 Å². The van der Waals surface area contributed by atoms with Crippen molar-refractivity contribution in [3.05, 3.63) is 48.3 Å². The molecule has 0 radical (unpaired) electrons. The Morgan fingerprint density at radius 2 is 1.94 bits per heavy atom. The lowest BCUT2D eigenvalue weighted by Gasteiger charge is -2.26. The normalized spacial score (nSPS) is 15.5. The number of hydrogen-bond acceptors (Lipinski definition) is 2. The Kier molecular flexibility index (Phi) is 2.56. The summed E-state index contributed by atoms with van der Waals surface area (Å²) in [4.78, 5) is 4.14. The molecule has 0 spiro atoms. The zero-order valence-corrected chi connectivity index (χ0v) is 9.76. The summed E-state index contributed by atoms with van der Waals surface area (Å²) in [6.07, 6.45) is 7.58. The fraction of sp³-hybridized carbons (Fsp3) is 0.267. The Labute approximate surface area is 102 Å². The van der Waals surface area contributed by atoms with Crippen molar-refractivity contribution >= 4 is 5.69 Å². The van der Waals surface area contributed by atoms with Crippen LogP contribution < -0.4 is 5.73 Å². The van der Waals surface area contributed by atoms with Gasteiger partial charge in [0.25, 0.3) is 0 Å². The summed E-state index contributed by atoms with van der Waals surface area (Å²) in [5.41, 5.74) is 10.3. The van der Waals surface area contributed by atoms with Crippen molar-refractivity contribution in [2.45, 2.75) is 25.2 Å². The van der Waals surface area contributed by atoms with Gasteiger partial charge in [-0.3, -0.25) is 4.98 Å². The van der Waals surface area contributed by atoms with E-state index in [4.69, 9.17) is 5.73 Å². The Bertz CT molecular complexity index is 530. The van der Waals surface area contributed by atoms with Crippen molar-refractivity contribution in [2.75, 3.05) is 5.73 Å². The van der Waals surface area contributed by atoms with Gasteiger partial charge >= 0.3 is 0 Å². The number of anilines is 1. The van der Waals surface area contributed by atoms with Gasteiger partial charge in [0.2, 0.25) is 0 Å². The highest BCUT2D eigenvalue weighted by molar-refractivity contribution is 5.66. The number of nitrogen functional groups attached to an aromatic ring is 1. The summed E-state index contributed by atoms with van der Waals surface area (Å²) in [5.74, 6) is 0.768. The van der Waals surface area contributed by atoms with Crippen LogP contribution in [-0.4, -0.2) is 4.98 Å². The zero-order chi connectivity index (χ0) is 11.7. The smallest absolute Gasteiger partial charge is 0.0506 e. The number of benzene rings is 1. The molecular formula is C15H16N2. The van der Waals surface area contributed by atoms with E-state index < -0.39 is 0 Å². The van der Waals surface area contributed by atoms with Crippen LogP contribution in [-0.2, 0) is 0 Å². The minimum Gasteiger partial charge on any atom is -0.397 e. The molecule has 1 aromatic carbocycles. The summed E-state index contributed by atoms with van der Waals surface area (Å²) < 4.78 is 0. The molecule has 0 saturated heterocycles. The molecule has 1 aliphatic carbocycles. The summed E-state index contributed by atoms with van der Waals surface area (Å²) in [7, 11) is 0. The molecule has 1 aromatic heterocycles. The number of pyridine rings is 1. The van der Waals surface area contributed by atoms with Crippen molar-refractivity contribution in [1.82, 2.24) is 4.98 Å². The maximum atomic E-state index is 5.77. The molecule has 2 aromatic rings. The van der Waals surface area contributed by atoms with E-state index in [2.05, 4.69) is 29.2 Å². The lowest BCUT2D eigenvalue weighted by Crippen LogP contribution is -2.08. The molecule has 3 rings (SSSR count). The second-order valence-corrected chi connectivity index (χ2v) is 4.76. The van der Waals surface area contributed by atoms with Gasteiger partial charge in [-0.2, -0.15) is 0 Å². The molecule has 0 amide bonds. The Balaban J connectivity index is 1.97. The second-order valence-electron chi connectivity index (χ2n) is 4.76. The lowest BCUT2D eigenvalue weighted by molar-refractivity contribution is 0.420. The van der Waals surface area contributed by atoms with Gasteiger partial charge in [0.05, 0.1) is 5.69 Å². The Morgan fingerprint density at radius 1 is 1.06 bits per heavy atom. The average molecular weight is 224 g/mol. The lowest BCUT2D eigenvalue weighted by atomic mass is 9.79. The fourth-order valence-electron chi connectivity index (χ4n) is 2.33. The molecule has 1 fully saturated rings. The third-order valence-corrected chi connectivity index (χ3v) is 3.56. The van der Waals surface area contributed by atoms with E-state index in [9.17, 15) is 0 Å². The molecule has 0 bridgehead atoms. The minimum atomic E-state index is 0.719.